The van der Waals surface area contributed by atoms with Gasteiger partial charge in [0.15, 0.2) is 29.0 Å². The van der Waals surface area contributed by atoms with Gasteiger partial charge < -0.3 is 20.2 Å². The maximum Gasteiger partial charge on any atom is 0.205 e. The lowest BCUT2D eigenvalue weighted by atomic mass is 10.1. The Morgan fingerprint density at radius 3 is 2.74 bits per heavy atom. The summed E-state index contributed by atoms with van der Waals surface area (Å²) in [6.45, 7) is 3.86. The summed E-state index contributed by atoms with van der Waals surface area (Å²) in [6, 6.07) is 4.13. The average molecular weight is 526 g/mol. The molecule has 1 saturated heterocycles. The van der Waals surface area contributed by atoms with Crippen molar-refractivity contribution >= 4 is 22.4 Å². The van der Waals surface area contributed by atoms with Crippen LogP contribution in [0.3, 0.4) is 0 Å². The first-order valence-corrected chi connectivity index (χ1v) is 12.8. The fourth-order valence-electron chi connectivity index (χ4n) is 5.06. The Balaban J connectivity index is 1.21. The van der Waals surface area contributed by atoms with Crippen LogP contribution >= 0.6 is 0 Å². The molecular formula is C26H27N11O2. The number of nitrogens with two attached hydrogens (primary N) is 1. The van der Waals surface area contributed by atoms with Crippen LogP contribution in [-0.2, 0) is 7.05 Å². The molecule has 7 rings (SSSR count). The van der Waals surface area contributed by atoms with Crippen LogP contribution in [0.15, 0.2) is 53.8 Å². The number of piperidine rings is 1. The number of anilines is 1. The molecule has 13 heteroatoms. The van der Waals surface area contributed by atoms with Crippen LogP contribution in [0, 0.1) is 0 Å². The monoisotopic (exact) mass is 525 g/mol. The predicted molar refractivity (Wildman–Crippen MR) is 143 cm³/mol. The summed E-state index contributed by atoms with van der Waals surface area (Å²) in [4.78, 5) is 4.40. The number of ether oxygens (including phenoxy) is 1. The molecular weight excluding hydrogens is 498 g/mol. The highest BCUT2D eigenvalue weighted by molar-refractivity contribution is 5.97. The number of hydrogen-bond donors (Lipinski definition) is 2. The van der Waals surface area contributed by atoms with E-state index >= 15 is 0 Å². The van der Waals surface area contributed by atoms with Crippen molar-refractivity contribution < 1.29 is 9.15 Å². The molecule has 6 aromatic heterocycles. The van der Waals surface area contributed by atoms with Crippen molar-refractivity contribution in [2.24, 2.45) is 7.05 Å². The van der Waals surface area contributed by atoms with Crippen LogP contribution in [0.2, 0.25) is 0 Å². The maximum absolute atomic E-state index is 6.32. The van der Waals surface area contributed by atoms with Gasteiger partial charge in [-0.2, -0.15) is 19.8 Å². The molecule has 198 valence electrons. The number of aryl methyl sites for hydroxylation is 1. The number of aromatic nitrogens is 9. The van der Waals surface area contributed by atoms with Gasteiger partial charge in [-0.1, -0.05) is 0 Å². The SMILES string of the molecule is C[C@H](Oc1c(N)ncc2c(-c3cnn(C4CCNCC4)c3)coc12)c1nnc2ccc(-c3cnn(C)c3)nn12. The normalized spacial score (nSPS) is 15.3. The lowest BCUT2D eigenvalue weighted by molar-refractivity contribution is 0.214. The first-order valence-electron chi connectivity index (χ1n) is 12.8. The summed E-state index contributed by atoms with van der Waals surface area (Å²) in [5, 5.41) is 26.4. The maximum atomic E-state index is 6.32. The van der Waals surface area contributed by atoms with Crippen LogP contribution in [0.1, 0.15) is 37.7 Å². The Morgan fingerprint density at radius 1 is 1.08 bits per heavy atom. The molecule has 0 amide bonds. The fourth-order valence-corrected chi connectivity index (χ4v) is 5.06. The van der Waals surface area contributed by atoms with Gasteiger partial charge in [-0.15, -0.1) is 10.2 Å². The molecule has 0 aromatic carbocycles. The van der Waals surface area contributed by atoms with Gasteiger partial charge in [0, 0.05) is 42.3 Å². The molecule has 0 bridgehead atoms. The van der Waals surface area contributed by atoms with Crippen molar-refractivity contribution in [2.75, 3.05) is 18.8 Å². The predicted octanol–water partition coefficient (Wildman–Crippen LogP) is 3.18. The van der Waals surface area contributed by atoms with E-state index < -0.39 is 6.10 Å². The largest absolute Gasteiger partial charge is 0.475 e. The Kier molecular flexibility index (Phi) is 5.51. The zero-order chi connectivity index (χ0) is 26.5. The molecule has 0 radical (unpaired) electrons. The van der Waals surface area contributed by atoms with Crippen molar-refractivity contribution in [3.8, 4) is 28.1 Å². The van der Waals surface area contributed by atoms with Crippen LogP contribution in [0.4, 0.5) is 5.82 Å². The molecule has 0 spiro atoms. The second kappa shape index (κ2) is 9.20. The van der Waals surface area contributed by atoms with E-state index in [-0.39, 0.29) is 5.82 Å². The minimum absolute atomic E-state index is 0.221. The Labute approximate surface area is 222 Å². The van der Waals surface area contributed by atoms with E-state index in [9.17, 15) is 0 Å². The molecule has 3 N–H and O–H groups in total. The number of pyridine rings is 1. The first-order chi connectivity index (χ1) is 19.0. The lowest BCUT2D eigenvalue weighted by Gasteiger charge is -2.22. The van der Waals surface area contributed by atoms with E-state index in [0.717, 1.165) is 53.7 Å². The molecule has 0 saturated carbocycles. The molecule has 0 unspecified atom stereocenters. The highest BCUT2D eigenvalue weighted by Crippen LogP contribution is 2.39. The second-order valence-corrected chi connectivity index (χ2v) is 9.76. The number of nitrogens with zero attached hydrogens (tertiary/aromatic N) is 9. The van der Waals surface area contributed by atoms with E-state index in [1.54, 1.807) is 27.9 Å². The third-order valence-corrected chi connectivity index (χ3v) is 7.14. The van der Waals surface area contributed by atoms with Gasteiger partial charge >= 0.3 is 0 Å². The minimum atomic E-state index is -0.553. The Bertz CT molecular complexity index is 1790. The van der Waals surface area contributed by atoms with Crippen molar-refractivity contribution in [2.45, 2.75) is 31.9 Å². The number of nitrogens with one attached hydrogen (secondary N) is 1. The summed E-state index contributed by atoms with van der Waals surface area (Å²) in [5.41, 5.74) is 10.8. The third kappa shape index (κ3) is 4.07. The van der Waals surface area contributed by atoms with Crippen LogP contribution < -0.4 is 15.8 Å². The highest BCUT2D eigenvalue weighted by atomic mass is 16.5. The van der Waals surface area contributed by atoms with Gasteiger partial charge in [-0.25, -0.2) is 4.98 Å². The molecule has 39 heavy (non-hydrogen) atoms. The van der Waals surface area contributed by atoms with E-state index in [0.29, 0.717) is 28.8 Å². The molecule has 6 aromatic rings. The second-order valence-electron chi connectivity index (χ2n) is 9.76. The highest BCUT2D eigenvalue weighted by Gasteiger charge is 2.24. The van der Waals surface area contributed by atoms with Crippen molar-refractivity contribution in [1.29, 1.82) is 0 Å². The number of nitrogen functional groups attached to an aromatic ring is 1. The topological polar surface area (TPSA) is 152 Å². The minimum Gasteiger partial charge on any atom is -0.475 e. The average Bonchev–Trinajstić information content (AvgIpc) is 3.76. The zero-order valence-electron chi connectivity index (χ0n) is 21.5. The number of fused-ring (bicyclic) bond motifs is 2. The zero-order valence-corrected chi connectivity index (χ0v) is 21.5. The van der Waals surface area contributed by atoms with Crippen LogP contribution in [-0.4, -0.2) is 57.4 Å². The van der Waals surface area contributed by atoms with Gasteiger partial charge in [-0.05, 0) is 45.0 Å². The number of rotatable bonds is 6. The first kappa shape index (κ1) is 23.3. The summed E-state index contributed by atoms with van der Waals surface area (Å²) >= 11 is 0. The summed E-state index contributed by atoms with van der Waals surface area (Å²) in [7, 11) is 1.86. The van der Waals surface area contributed by atoms with Gasteiger partial charge in [0.05, 0.1) is 29.5 Å². The molecule has 1 atom stereocenters. The van der Waals surface area contributed by atoms with Crippen molar-refractivity contribution in [1.82, 2.24) is 49.7 Å². The number of hydrogen-bond acceptors (Lipinski definition) is 10. The smallest absolute Gasteiger partial charge is 0.205 e. The standard InChI is InChI=1S/C26H27N11O2/c1-15(26-33-32-22-4-3-21(34-37(22)26)17-10-30-35(2)12-17)39-24-23-19(11-29-25(24)27)20(14-38-23)16-9-31-36(13-16)18-5-7-28-8-6-18/h3-4,9-15,18,28H,5-8H2,1-2H3,(H2,27,29)/t15-/m0/s1. The van der Waals surface area contributed by atoms with Crippen molar-refractivity contribution in [3.05, 3.63) is 55.2 Å². The number of furan rings is 1. The Hall–Kier alpha value is -4.78. The molecule has 0 aliphatic carbocycles. The van der Waals surface area contributed by atoms with Gasteiger partial charge in [0.25, 0.3) is 0 Å². The van der Waals surface area contributed by atoms with Crippen LogP contribution in [0.25, 0.3) is 39.0 Å². The van der Waals surface area contributed by atoms with E-state index in [1.165, 1.54) is 0 Å². The molecule has 7 heterocycles. The molecule has 1 aliphatic heterocycles. The van der Waals surface area contributed by atoms with Crippen LogP contribution in [0.5, 0.6) is 5.75 Å². The Morgan fingerprint density at radius 2 is 1.92 bits per heavy atom. The summed E-state index contributed by atoms with van der Waals surface area (Å²) in [5.74, 6) is 1.08. The molecule has 13 nitrogen and oxygen atoms in total. The van der Waals surface area contributed by atoms with Gasteiger partial charge in [-0.3, -0.25) is 9.36 Å². The van der Waals surface area contributed by atoms with E-state index in [2.05, 4.69) is 36.9 Å². The van der Waals surface area contributed by atoms with Gasteiger partial charge in [0.1, 0.15) is 6.26 Å². The van der Waals surface area contributed by atoms with Crippen molar-refractivity contribution in [3.63, 3.8) is 0 Å². The fraction of sp³-hybridized carbons (Fsp3) is 0.308. The molecule has 1 aliphatic rings. The summed E-state index contributed by atoms with van der Waals surface area (Å²) < 4.78 is 17.8. The van der Waals surface area contributed by atoms with Gasteiger partial charge in [0.2, 0.25) is 5.75 Å². The lowest BCUT2D eigenvalue weighted by Crippen LogP contribution is -2.29. The summed E-state index contributed by atoms with van der Waals surface area (Å²) in [6.07, 6.45) is 12.5. The quantitative estimate of drug-likeness (QED) is 0.332. The molecule has 1 fully saturated rings. The van der Waals surface area contributed by atoms with E-state index in [4.69, 9.17) is 20.0 Å². The third-order valence-electron chi connectivity index (χ3n) is 7.14. The van der Waals surface area contributed by atoms with E-state index in [1.807, 2.05) is 43.2 Å².